The van der Waals surface area contributed by atoms with Gasteiger partial charge in [0.1, 0.15) is 5.69 Å². The molecule has 17 heavy (non-hydrogen) atoms. The second-order valence-electron chi connectivity index (χ2n) is 4.07. The first-order valence-electron chi connectivity index (χ1n) is 5.59. The van der Waals surface area contributed by atoms with Crippen molar-refractivity contribution in [3.8, 4) is 6.07 Å². The van der Waals surface area contributed by atoms with Crippen LogP contribution in [0.1, 0.15) is 10.5 Å². The van der Waals surface area contributed by atoms with Gasteiger partial charge < -0.3 is 4.90 Å². The van der Waals surface area contributed by atoms with Crippen molar-refractivity contribution < 1.29 is 4.79 Å². The molecule has 1 fully saturated rings. The highest BCUT2D eigenvalue weighted by atomic mass is 16.2. The highest BCUT2D eigenvalue weighted by Crippen LogP contribution is 2.07. The van der Waals surface area contributed by atoms with Crippen LogP contribution in [0.15, 0.2) is 12.3 Å². The number of carbonyl (C=O) groups is 1. The van der Waals surface area contributed by atoms with E-state index in [1.807, 2.05) is 9.80 Å². The van der Waals surface area contributed by atoms with Crippen LogP contribution in [0.4, 0.5) is 0 Å². The molecule has 2 rings (SSSR count). The SMILES string of the molecule is Cn1nccc1C(=O)N1CCN(CC#N)CC1. The molecule has 0 N–H and O–H groups in total. The zero-order valence-corrected chi connectivity index (χ0v) is 9.83. The van der Waals surface area contributed by atoms with E-state index in [0.717, 1.165) is 13.1 Å². The molecule has 6 heteroatoms. The van der Waals surface area contributed by atoms with E-state index in [2.05, 4.69) is 11.2 Å². The summed E-state index contributed by atoms with van der Waals surface area (Å²) in [6, 6.07) is 3.85. The maximum atomic E-state index is 12.1. The maximum Gasteiger partial charge on any atom is 0.272 e. The van der Waals surface area contributed by atoms with Gasteiger partial charge in [-0.25, -0.2) is 0 Å². The number of aromatic nitrogens is 2. The largest absolute Gasteiger partial charge is 0.335 e. The van der Waals surface area contributed by atoms with Crippen molar-refractivity contribution >= 4 is 5.91 Å². The van der Waals surface area contributed by atoms with E-state index >= 15 is 0 Å². The zero-order chi connectivity index (χ0) is 12.3. The number of hydrogen-bond donors (Lipinski definition) is 0. The van der Waals surface area contributed by atoms with Gasteiger partial charge in [0.15, 0.2) is 0 Å². The van der Waals surface area contributed by atoms with Crippen LogP contribution in [-0.2, 0) is 7.05 Å². The van der Waals surface area contributed by atoms with Gasteiger partial charge in [0.05, 0.1) is 12.6 Å². The predicted octanol–water partition coefficient (Wildman–Crippen LogP) is -0.299. The Balaban J connectivity index is 1.96. The molecule has 1 saturated heterocycles. The number of amides is 1. The molecule has 2 heterocycles. The summed E-state index contributed by atoms with van der Waals surface area (Å²) in [4.78, 5) is 16.0. The van der Waals surface area contributed by atoms with E-state index in [4.69, 9.17) is 5.26 Å². The van der Waals surface area contributed by atoms with Crippen molar-refractivity contribution in [3.63, 3.8) is 0 Å². The smallest absolute Gasteiger partial charge is 0.272 e. The molecular formula is C11H15N5O. The second-order valence-corrected chi connectivity index (χ2v) is 4.07. The second kappa shape index (κ2) is 4.97. The van der Waals surface area contributed by atoms with Crippen LogP contribution in [0.25, 0.3) is 0 Å². The fraction of sp³-hybridized carbons (Fsp3) is 0.545. The van der Waals surface area contributed by atoms with Crippen molar-refractivity contribution in [3.05, 3.63) is 18.0 Å². The van der Waals surface area contributed by atoms with E-state index in [-0.39, 0.29) is 5.91 Å². The Labute approximate surface area is 100 Å². The highest BCUT2D eigenvalue weighted by molar-refractivity contribution is 5.92. The van der Waals surface area contributed by atoms with Gasteiger partial charge in [0, 0.05) is 39.4 Å². The summed E-state index contributed by atoms with van der Waals surface area (Å²) in [5, 5.41) is 12.6. The summed E-state index contributed by atoms with van der Waals surface area (Å²) in [6.45, 7) is 3.30. The summed E-state index contributed by atoms with van der Waals surface area (Å²) in [5.74, 6) is 0.0154. The molecule has 1 amide bonds. The predicted molar refractivity (Wildman–Crippen MR) is 61.2 cm³/mol. The van der Waals surface area contributed by atoms with Crippen molar-refractivity contribution in [1.82, 2.24) is 19.6 Å². The molecule has 1 aromatic heterocycles. The summed E-state index contributed by atoms with van der Waals surface area (Å²) in [6.07, 6.45) is 1.62. The Kier molecular flexibility index (Phi) is 3.40. The molecule has 0 radical (unpaired) electrons. The Morgan fingerprint density at radius 2 is 2.18 bits per heavy atom. The van der Waals surface area contributed by atoms with Gasteiger partial charge in [0.2, 0.25) is 0 Å². The van der Waals surface area contributed by atoms with Crippen molar-refractivity contribution in [2.45, 2.75) is 0 Å². The van der Waals surface area contributed by atoms with Gasteiger partial charge in [0.25, 0.3) is 5.91 Å². The number of nitrogens with zero attached hydrogens (tertiary/aromatic N) is 5. The van der Waals surface area contributed by atoms with E-state index in [9.17, 15) is 4.79 Å². The van der Waals surface area contributed by atoms with Gasteiger partial charge in [-0.05, 0) is 6.07 Å². The molecule has 6 nitrogen and oxygen atoms in total. The normalized spacial score (nSPS) is 16.8. The van der Waals surface area contributed by atoms with Crippen LogP contribution in [-0.4, -0.2) is 58.2 Å². The van der Waals surface area contributed by atoms with E-state index in [0.29, 0.717) is 25.3 Å². The molecule has 0 bridgehead atoms. The standard InChI is InChI=1S/C11H15N5O/c1-14-10(2-4-13-14)11(17)16-8-6-15(5-3-12)7-9-16/h2,4H,5-9H2,1H3. The number of hydrogen-bond acceptors (Lipinski definition) is 4. The lowest BCUT2D eigenvalue weighted by Crippen LogP contribution is -2.49. The number of carbonyl (C=O) groups excluding carboxylic acids is 1. The number of aryl methyl sites for hydroxylation is 1. The molecule has 0 aromatic carbocycles. The Hall–Kier alpha value is -1.87. The average molecular weight is 233 g/mol. The number of piperazine rings is 1. The minimum Gasteiger partial charge on any atom is -0.335 e. The third-order valence-corrected chi connectivity index (χ3v) is 2.99. The van der Waals surface area contributed by atoms with Crippen LogP contribution < -0.4 is 0 Å². The fourth-order valence-corrected chi connectivity index (χ4v) is 1.95. The molecule has 1 aliphatic rings. The molecule has 1 aliphatic heterocycles. The first-order chi connectivity index (χ1) is 8.22. The first-order valence-corrected chi connectivity index (χ1v) is 5.59. The van der Waals surface area contributed by atoms with Crippen LogP contribution in [0.3, 0.4) is 0 Å². The number of nitriles is 1. The van der Waals surface area contributed by atoms with Crippen LogP contribution in [0.5, 0.6) is 0 Å². The molecule has 0 saturated carbocycles. The monoisotopic (exact) mass is 233 g/mol. The van der Waals surface area contributed by atoms with E-state index in [1.165, 1.54) is 0 Å². The Bertz CT molecular complexity index is 439. The molecule has 0 aliphatic carbocycles. The molecule has 0 unspecified atom stereocenters. The molecule has 1 aromatic rings. The van der Waals surface area contributed by atoms with Crippen molar-refractivity contribution in [2.75, 3.05) is 32.7 Å². The summed E-state index contributed by atoms with van der Waals surface area (Å²) < 4.78 is 1.59. The lowest BCUT2D eigenvalue weighted by Gasteiger charge is -2.33. The van der Waals surface area contributed by atoms with Gasteiger partial charge >= 0.3 is 0 Å². The minimum absolute atomic E-state index is 0.0154. The van der Waals surface area contributed by atoms with Gasteiger partial charge in [-0.1, -0.05) is 0 Å². The number of rotatable bonds is 2. The minimum atomic E-state index is 0.0154. The summed E-state index contributed by atoms with van der Waals surface area (Å²) >= 11 is 0. The lowest BCUT2D eigenvalue weighted by molar-refractivity contribution is 0.0641. The molecular weight excluding hydrogens is 218 g/mol. The maximum absolute atomic E-state index is 12.1. The van der Waals surface area contributed by atoms with Crippen molar-refractivity contribution in [1.29, 1.82) is 5.26 Å². The van der Waals surface area contributed by atoms with E-state index < -0.39 is 0 Å². The van der Waals surface area contributed by atoms with Crippen LogP contribution >= 0.6 is 0 Å². The lowest BCUT2D eigenvalue weighted by atomic mass is 10.2. The summed E-state index contributed by atoms with van der Waals surface area (Å²) in [5.41, 5.74) is 0.610. The van der Waals surface area contributed by atoms with E-state index in [1.54, 1.807) is 24.0 Å². The van der Waals surface area contributed by atoms with Crippen LogP contribution in [0, 0.1) is 11.3 Å². The van der Waals surface area contributed by atoms with Crippen LogP contribution in [0.2, 0.25) is 0 Å². The quantitative estimate of drug-likeness (QED) is 0.658. The Morgan fingerprint density at radius 1 is 1.47 bits per heavy atom. The topological polar surface area (TPSA) is 65.2 Å². The molecule has 90 valence electrons. The molecule has 0 atom stereocenters. The van der Waals surface area contributed by atoms with Gasteiger partial charge in [-0.2, -0.15) is 10.4 Å². The summed E-state index contributed by atoms with van der Waals surface area (Å²) in [7, 11) is 1.76. The zero-order valence-electron chi connectivity index (χ0n) is 9.83. The van der Waals surface area contributed by atoms with Crippen molar-refractivity contribution in [2.24, 2.45) is 7.05 Å². The highest BCUT2D eigenvalue weighted by Gasteiger charge is 2.23. The third-order valence-electron chi connectivity index (χ3n) is 2.99. The first kappa shape index (κ1) is 11.6. The fourth-order valence-electron chi connectivity index (χ4n) is 1.95. The third kappa shape index (κ3) is 2.45. The van der Waals surface area contributed by atoms with Gasteiger partial charge in [-0.15, -0.1) is 0 Å². The molecule has 0 spiro atoms. The Morgan fingerprint density at radius 3 is 2.71 bits per heavy atom. The van der Waals surface area contributed by atoms with Gasteiger partial charge in [-0.3, -0.25) is 14.4 Å². The average Bonchev–Trinajstić information content (AvgIpc) is 2.76.